The lowest BCUT2D eigenvalue weighted by atomic mass is 10.1. The molecule has 1 fully saturated rings. The molecule has 0 unspecified atom stereocenters. The molecule has 1 atom stereocenters. The van der Waals surface area contributed by atoms with Crippen molar-refractivity contribution in [2.24, 2.45) is 0 Å². The number of ether oxygens (including phenoxy) is 1. The maximum absolute atomic E-state index is 12.3. The molecule has 0 aromatic heterocycles. The SMILES string of the molecule is C[C@H](OC(=O)c1ccc2c(c1)CCN2S(C)(=O)=O)C(=O)NC1CCCC1. The number of anilines is 1. The molecule has 1 aromatic carbocycles. The summed E-state index contributed by atoms with van der Waals surface area (Å²) < 4.78 is 30.1. The van der Waals surface area contributed by atoms with Crippen LogP contribution >= 0.6 is 0 Å². The molecular weight excluding hydrogens is 356 g/mol. The van der Waals surface area contributed by atoms with Crippen molar-refractivity contribution >= 4 is 27.6 Å². The Labute approximate surface area is 153 Å². The summed E-state index contributed by atoms with van der Waals surface area (Å²) in [6, 6.07) is 4.96. The van der Waals surface area contributed by atoms with E-state index in [0.29, 0.717) is 24.2 Å². The van der Waals surface area contributed by atoms with Crippen molar-refractivity contribution < 1.29 is 22.7 Å². The normalized spacial score (nSPS) is 18.5. The van der Waals surface area contributed by atoms with Gasteiger partial charge in [-0.25, -0.2) is 13.2 Å². The molecule has 2 aliphatic rings. The van der Waals surface area contributed by atoms with Crippen LogP contribution in [-0.2, 0) is 26.0 Å². The maximum atomic E-state index is 12.3. The number of esters is 1. The fraction of sp³-hybridized carbons (Fsp3) is 0.556. The standard InChI is InChI=1S/C18H24N2O5S/c1-12(17(21)19-15-5-3-4-6-15)25-18(22)14-7-8-16-13(11-14)9-10-20(16)26(2,23)24/h7-8,11-12,15H,3-6,9-10H2,1-2H3,(H,19,21)/t12-/m0/s1. The zero-order valence-corrected chi connectivity index (χ0v) is 15.8. The van der Waals surface area contributed by atoms with Crippen LogP contribution in [0.15, 0.2) is 18.2 Å². The molecule has 1 aliphatic heterocycles. The molecule has 0 saturated heterocycles. The van der Waals surface area contributed by atoms with Crippen molar-refractivity contribution in [1.29, 1.82) is 0 Å². The molecule has 7 nitrogen and oxygen atoms in total. The third-order valence-electron chi connectivity index (χ3n) is 4.92. The Morgan fingerprint density at radius 1 is 1.27 bits per heavy atom. The summed E-state index contributed by atoms with van der Waals surface area (Å²) in [5.41, 5.74) is 1.70. The predicted octanol–water partition coefficient (Wildman–Crippen LogP) is 1.61. The molecule has 0 bridgehead atoms. The number of amides is 1. The van der Waals surface area contributed by atoms with Gasteiger partial charge in [0.25, 0.3) is 5.91 Å². The van der Waals surface area contributed by atoms with E-state index in [9.17, 15) is 18.0 Å². The average Bonchev–Trinajstić information content (AvgIpc) is 3.22. The van der Waals surface area contributed by atoms with E-state index in [0.717, 1.165) is 37.5 Å². The molecule has 26 heavy (non-hydrogen) atoms. The largest absolute Gasteiger partial charge is 0.449 e. The molecule has 8 heteroatoms. The highest BCUT2D eigenvalue weighted by Crippen LogP contribution is 2.31. The van der Waals surface area contributed by atoms with Crippen molar-refractivity contribution in [3.05, 3.63) is 29.3 Å². The monoisotopic (exact) mass is 380 g/mol. The number of hydrogen-bond donors (Lipinski definition) is 1. The summed E-state index contributed by atoms with van der Waals surface area (Å²) in [6.45, 7) is 1.92. The number of sulfonamides is 1. The molecule has 1 amide bonds. The summed E-state index contributed by atoms with van der Waals surface area (Å²) in [5, 5.41) is 2.91. The minimum atomic E-state index is -3.33. The van der Waals surface area contributed by atoms with Gasteiger partial charge in [0.1, 0.15) is 0 Å². The number of fused-ring (bicyclic) bond motifs is 1. The molecule has 1 aliphatic carbocycles. The van der Waals surface area contributed by atoms with Gasteiger partial charge in [-0.2, -0.15) is 0 Å². The van der Waals surface area contributed by atoms with Crippen LogP contribution < -0.4 is 9.62 Å². The summed E-state index contributed by atoms with van der Waals surface area (Å²) in [4.78, 5) is 24.5. The molecule has 0 radical (unpaired) electrons. The first-order valence-electron chi connectivity index (χ1n) is 8.87. The van der Waals surface area contributed by atoms with Gasteiger partial charge in [0, 0.05) is 12.6 Å². The van der Waals surface area contributed by atoms with Gasteiger partial charge < -0.3 is 10.1 Å². The Bertz CT molecular complexity index is 815. The summed E-state index contributed by atoms with van der Waals surface area (Å²) in [6.07, 6.45) is 4.99. The maximum Gasteiger partial charge on any atom is 0.338 e. The second kappa shape index (κ2) is 7.26. The van der Waals surface area contributed by atoms with Crippen LogP contribution in [0.4, 0.5) is 5.69 Å². The van der Waals surface area contributed by atoms with Crippen LogP contribution in [0, 0.1) is 0 Å². The lowest BCUT2D eigenvalue weighted by Gasteiger charge is -2.18. The summed E-state index contributed by atoms with van der Waals surface area (Å²) in [7, 11) is -3.33. The van der Waals surface area contributed by atoms with Crippen LogP contribution in [-0.4, -0.2) is 45.2 Å². The van der Waals surface area contributed by atoms with E-state index in [1.54, 1.807) is 19.1 Å². The predicted molar refractivity (Wildman–Crippen MR) is 97.6 cm³/mol. The van der Waals surface area contributed by atoms with Crippen molar-refractivity contribution in [1.82, 2.24) is 5.32 Å². The van der Waals surface area contributed by atoms with E-state index in [4.69, 9.17) is 4.74 Å². The Hall–Kier alpha value is -2.09. The van der Waals surface area contributed by atoms with Crippen LogP contribution in [0.2, 0.25) is 0 Å². The highest BCUT2D eigenvalue weighted by atomic mass is 32.2. The van der Waals surface area contributed by atoms with Crippen LogP contribution in [0.5, 0.6) is 0 Å². The quantitative estimate of drug-likeness (QED) is 0.784. The van der Waals surface area contributed by atoms with E-state index in [1.165, 1.54) is 10.4 Å². The molecule has 1 aromatic rings. The van der Waals surface area contributed by atoms with Crippen molar-refractivity contribution in [3.63, 3.8) is 0 Å². The molecule has 0 spiro atoms. The van der Waals surface area contributed by atoms with Gasteiger partial charge in [-0.3, -0.25) is 9.10 Å². The molecule has 142 valence electrons. The van der Waals surface area contributed by atoms with Gasteiger partial charge in [0.05, 0.1) is 17.5 Å². The molecular formula is C18H24N2O5S. The minimum absolute atomic E-state index is 0.172. The Kier molecular flexibility index (Phi) is 5.22. The number of rotatable bonds is 5. The van der Waals surface area contributed by atoms with E-state index in [1.807, 2.05) is 0 Å². The highest BCUT2D eigenvalue weighted by Gasteiger charge is 2.28. The number of nitrogens with one attached hydrogen (secondary N) is 1. The van der Waals surface area contributed by atoms with Crippen molar-refractivity contribution in [3.8, 4) is 0 Å². The van der Waals surface area contributed by atoms with E-state index >= 15 is 0 Å². The van der Waals surface area contributed by atoms with Gasteiger partial charge in [-0.1, -0.05) is 12.8 Å². The minimum Gasteiger partial charge on any atom is -0.449 e. The van der Waals surface area contributed by atoms with Crippen LogP contribution in [0.3, 0.4) is 0 Å². The molecule has 1 saturated carbocycles. The summed E-state index contributed by atoms with van der Waals surface area (Å²) >= 11 is 0. The van der Waals surface area contributed by atoms with Crippen LogP contribution in [0.1, 0.15) is 48.5 Å². The zero-order chi connectivity index (χ0) is 18.9. The third kappa shape index (κ3) is 4.00. The second-order valence-electron chi connectivity index (χ2n) is 6.97. The van der Waals surface area contributed by atoms with Crippen molar-refractivity contribution in [2.75, 3.05) is 17.1 Å². The number of carbonyl (C=O) groups excluding carboxylic acids is 2. The fourth-order valence-electron chi connectivity index (χ4n) is 3.51. The van der Waals surface area contributed by atoms with Gasteiger partial charge in [0.2, 0.25) is 10.0 Å². The smallest absolute Gasteiger partial charge is 0.338 e. The summed E-state index contributed by atoms with van der Waals surface area (Å²) in [5.74, 6) is -0.866. The number of nitrogens with zero attached hydrogens (tertiary/aromatic N) is 1. The lowest BCUT2D eigenvalue weighted by molar-refractivity contribution is -0.129. The number of carbonyl (C=O) groups is 2. The molecule has 1 heterocycles. The van der Waals surface area contributed by atoms with E-state index in [2.05, 4.69) is 5.32 Å². The Balaban J connectivity index is 1.64. The third-order valence-corrected chi connectivity index (χ3v) is 6.10. The Morgan fingerprint density at radius 3 is 2.62 bits per heavy atom. The number of benzene rings is 1. The molecule has 1 N–H and O–H groups in total. The second-order valence-corrected chi connectivity index (χ2v) is 8.87. The zero-order valence-electron chi connectivity index (χ0n) is 15.0. The number of hydrogen-bond acceptors (Lipinski definition) is 5. The first-order valence-corrected chi connectivity index (χ1v) is 10.7. The topological polar surface area (TPSA) is 92.8 Å². The van der Waals surface area contributed by atoms with Crippen LogP contribution in [0.25, 0.3) is 0 Å². The van der Waals surface area contributed by atoms with Gasteiger partial charge in [-0.15, -0.1) is 0 Å². The molecule has 3 rings (SSSR count). The van der Waals surface area contributed by atoms with Crippen molar-refractivity contribution in [2.45, 2.75) is 51.2 Å². The highest BCUT2D eigenvalue weighted by molar-refractivity contribution is 7.92. The van der Waals surface area contributed by atoms with E-state index in [-0.39, 0.29) is 11.9 Å². The van der Waals surface area contributed by atoms with E-state index < -0.39 is 22.1 Å². The lowest BCUT2D eigenvalue weighted by Crippen LogP contribution is -2.40. The first-order chi connectivity index (χ1) is 12.3. The van der Waals surface area contributed by atoms with Gasteiger partial charge in [-0.05, 0) is 49.9 Å². The van der Waals surface area contributed by atoms with Gasteiger partial charge >= 0.3 is 5.97 Å². The first kappa shape index (κ1) is 18.7. The van der Waals surface area contributed by atoms with Gasteiger partial charge in [0.15, 0.2) is 6.10 Å². The average molecular weight is 380 g/mol. The Morgan fingerprint density at radius 2 is 1.96 bits per heavy atom. The fourth-order valence-corrected chi connectivity index (χ4v) is 4.47.